The summed E-state index contributed by atoms with van der Waals surface area (Å²) in [5.41, 5.74) is 1.91. The van der Waals surface area contributed by atoms with Crippen molar-refractivity contribution >= 4 is 34.2 Å². The van der Waals surface area contributed by atoms with E-state index in [0.717, 1.165) is 36.6 Å². The minimum Gasteiger partial charge on any atom is -0.378 e. The molecule has 0 fully saturated rings. The summed E-state index contributed by atoms with van der Waals surface area (Å²) in [4.78, 5) is 6.68. The molecule has 0 amide bonds. The molecule has 116 valence electrons. The molecule has 0 aliphatic heterocycles. The number of fused-ring (bicyclic) bond motifs is 1. The Balaban J connectivity index is 2.11. The number of likely N-dealkylation sites (N-methyl/N-ethyl adjacent to an activating group) is 1. The van der Waals surface area contributed by atoms with Gasteiger partial charge in [-0.1, -0.05) is 11.6 Å². The average molecular weight is 330 g/mol. The number of alkyl halides is 1. The lowest BCUT2D eigenvalue weighted by Gasteiger charge is -2.12. The van der Waals surface area contributed by atoms with Crippen LogP contribution in [0.25, 0.3) is 11.0 Å². The molecule has 1 atom stereocenters. The summed E-state index contributed by atoms with van der Waals surface area (Å²) in [7, 11) is 4.06. The summed E-state index contributed by atoms with van der Waals surface area (Å²) < 4.78 is 7.78. The van der Waals surface area contributed by atoms with Crippen LogP contribution in [-0.4, -0.2) is 48.3 Å². The monoisotopic (exact) mass is 329 g/mol. The molecule has 2 rings (SSSR count). The molecule has 1 unspecified atom stereocenters. The molecule has 0 N–H and O–H groups in total. The van der Waals surface area contributed by atoms with Crippen molar-refractivity contribution in [2.45, 2.75) is 18.8 Å². The number of imidazole rings is 1. The van der Waals surface area contributed by atoms with Crippen molar-refractivity contribution in [3.8, 4) is 0 Å². The van der Waals surface area contributed by atoms with Crippen LogP contribution in [0.1, 0.15) is 18.1 Å². The standard InChI is InChI=1S/C15H21Cl2N3O/c1-11(16)15-18-13-10-12(17)4-5-14(13)20(15)7-9-21-8-6-19(2)3/h4-5,10-11H,6-9H2,1-3H3. The Hall–Kier alpha value is -0.810. The van der Waals surface area contributed by atoms with Gasteiger partial charge < -0.3 is 14.2 Å². The third-order valence-corrected chi connectivity index (χ3v) is 3.67. The summed E-state index contributed by atoms with van der Waals surface area (Å²) in [6.07, 6.45) is 0. The fourth-order valence-electron chi connectivity index (χ4n) is 2.17. The first-order valence-electron chi connectivity index (χ1n) is 7.01. The van der Waals surface area contributed by atoms with E-state index in [2.05, 4.69) is 14.5 Å². The van der Waals surface area contributed by atoms with Crippen LogP contribution in [0.3, 0.4) is 0 Å². The van der Waals surface area contributed by atoms with Crippen molar-refractivity contribution in [2.75, 3.05) is 33.9 Å². The highest BCUT2D eigenvalue weighted by molar-refractivity contribution is 6.31. The third kappa shape index (κ3) is 4.33. The number of hydrogen-bond donors (Lipinski definition) is 0. The minimum absolute atomic E-state index is 0.155. The smallest absolute Gasteiger partial charge is 0.127 e. The van der Waals surface area contributed by atoms with Gasteiger partial charge in [-0.15, -0.1) is 11.6 Å². The summed E-state index contributed by atoms with van der Waals surface area (Å²) in [6, 6.07) is 5.72. The molecule has 4 nitrogen and oxygen atoms in total. The lowest BCUT2D eigenvalue weighted by atomic mass is 10.3. The van der Waals surface area contributed by atoms with Crippen molar-refractivity contribution in [3.63, 3.8) is 0 Å². The Morgan fingerprint density at radius 2 is 2.10 bits per heavy atom. The Labute approximate surface area is 135 Å². The van der Waals surface area contributed by atoms with E-state index in [1.54, 1.807) is 0 Å². The van der Waals surface area contributed by atoms with Crippen LogP contribution in [0, 0.1) is 0 Å². The zero-order chi connectivity index (χ0) is 15.4. The first-order chi connectivity index (χ1) is 9.99. The van der Waals surface area contributed by atoms with Gasteiger partial charge in [0.15, 0.2) is 0 Å². The highest BCUT2D eigenvalue weighted by Crippen LogP contribution is 2.26. The van der Waals surface area contributed by atoms with Gasteiger partial charge in [-0.2, -0.15) is 0 Å². The van der Waals surface area contributed by atoms with Gasteiger partial charge in [0.1, 0.15) is 5.82 Å². The number of hydrogen-bond acceptors (Lipinski definition) is 3. The van der Waals surface area contributed by atoms with Crippen LogP contribution in [0.5, 0.6) is 0 Å². The van der Waals surface area contributed by atoms with Crippen molar-refractivity contribution in [3.05, 3.63) is 29.0 Å². The zero-order valence-electron chi connectivity index (χ0n) is 12.6. The first-order valence-corrected chi connectivity index (χ1v) is 7.82. The van der Waals surface area contributed by atoms with Gasteiger partial charge in [0.25, 0.3) is 0 Å². The average Bonchev–Trinajstić information content (AvgIpc) is 2.76. The maximum atomic E-state index is 6.24. The molecule has 0 aliphatic carbocycles. The second kappa shape index (κ2) is 7.45. The molecule has 1 aromatic heterocycles. The topological polar surface area (TPSA) is 30.3 Å². The van der Waals surface area contributed by atoms with Crippen LogP contribution >= 0.6 is 23.2 Å². The summed E-state index contributed by atoms with van der Waals surface area (Å²) in [5.74, 6) is 0.852. The lowest BCUT2D eigenvalue weighted by molar-refractivity contribution is 0.111. The third-order valence-electron chi connectivity index (χ3n) is 3.24. The van der Waals surface area contributed by atoms with Crippen molar-refractivity contribution in [1.82, 2.24) is 14.5 Å². The molecule has 0 saturated heterocycles. The number of aromatic nitrogens is 2. The van der Waals surface area contributed by atoms with Crippen molar-refractivity contribution in [2.24, 2.45) is 0 Å². The Morgan fingerprint density at radius 3 is 2.76 bits per heavy atom. The Morgan fingerprint density at radius 1 is 1.33 bits per heavy atom. The predicted molar refractivity (Wildman–Crippen MR) is 88.4 cm³/mol. The normalized spacial score (nSPS) is 13.2. The number of nitrogens with zero attached hydrogens (tertiary/aromatic N) is 3. The van der Waals surface area contributed by atoms with E-state index >= 15 is 0 Å². The van der Waals surface area contributed by atoms with Crippen LogP contribution in [-0.2, 0) is 11.3 Å². The maximum absolute atomic E-state index is 6.24. The molecular formula is C15H21Cl2N3O. The van der Waals surface area contributed by atoms with Gasteiger partial charge >= 0.3 is 0 Å². The highest BCUT2D eigenvalue weighted by Gasteiger charge is 2.14. The van der Waals surface area contributed by atoms with Crippen molar-refractivity contribution < 1.29 is 4.74 Å². The quantitative estimate of drug-likeness (QED) is 0.574. The van der Waals surface area contributed by atoms with Crippen LogP contribution in [0.15, 0.2) is 18.2 Å². The van der Waals surface area contributed by atoms with E-state index in [0.29, 0.717) is 11.6 Å². The van der Waals surface area contributed by atoms with Gasteiger partial charge in [-0.3, -0.25) is 0 Å². The minimum atomic E-state index is -0.155. The molecule has 6 heteroatoms. The summed E-state index contributed by atoms with van der Waals surface area (Å²) in [6.45, 7) is 4.93. The van der Waals surface area contributed by atoms with E-state index in [-0.39, 0.29) is 5.38 Å². The lowest BCUT2D eigenvalue weighted by Crippen LogP contribution is -2.19. The molecule has 0 aliphatic rings. The van der Waals surface area contributed by atoms with Gasteiger partial charge in [0.05, 0.1) is 29.6 Å². The Kier molecular flexibility index (Phi) is 5.88. The molecular weight excluding hydrogens is 309 g/mol. The van der Waals surface area contributed by atoms with Crippen LogP contribution < -0.4 is 0 Å². The van der Waals surface area contributed by atoms with E-state index in [1.807, 2.05) is 39.2 Å². The number of ether oxygens (including phenoxy) is 1. The van der Waals surface area contributed by atoms with Crippen LogP contribution in [0.2, 0.25) is 5.02 Å². The van der Waals surface area contributed by atoms with Gasteiger partial charge in [-0.05, 0) is 39.2 Å². The largest absolute Gasteiger partial charge is 0.378 e. The molecule has 2 aromatic rings. The van der Waals surface area contributed by atoms with Gasteiger partial charge in [0.2, 0.25) is 0 Å². The van der Waals surface area contributed by atoms with E-state index in [9.17, 15) is 0 Å². The van der Waals surface area contributed by atoms with Crippen LogP contribution in [0.4, 0.5) is 0 Å². The Bertz CT molecular complexity index is 596. The second-order valence-corrected chi connectivity index (χ2v) is 6.38. The maximum Gasteiger partial charge on any atom is 0.127 e. The molecule has 0 spiro atoms. The molecule has 0 saturated carbocycles. The fraction of sp³-hybridized carbons (Fsp3) is 0.533. The second-order valence-electron chi connectivity index (χ2n) is 5.29. The molecule has 0 bridgehead atoms. The van der Waals surface area contributed by atoms with E-state index in [4.69, 9.17) is 27.9 Å². The molecule has 1 heterocycles. The number of halogens is 2. The zero-order valence-corrected chi connectivity index (χ0v) is 14.2. The SMILES string of the molecule is CC(Cl)c1nc2cc(Cl)ccc2n1CCOCCN(C)C. The fourth-order valence-corrected chi connectivity index (χ4v) is 2.50. The summed E-state index contributed by atoms with van der Waals surface area (Å²) in [5, 5.41) is 0.529. The molecule has 0 radical (unpaired) electrons. The molecule has 21 heavy (non-hydrogen) atoms. The highest BCUT2D eigenvalue weighted by atomic mass is 35.5. The number of benzene rings is 1. The van der Waals surface area contributed by atoms with Gasteiger partial charge in [0, 0.05) is 18.1 Å². The van der Waals surface area contributed by atoms with E-state index in [1.165, 1.54) is 0 Å². The van der Waals surface area contributed by atoms with Crippen molar-refractivity contribution in [1.29, 1.82) is 0 Å². The van der Waals surface area contributed by atoms with E-state index < -0.39 is 0 Å². The summed E-state index contributed by atoms with van der Waals surface area (Å²) >= 11 is 12.3. The predicted octanol–water partition coefficient (Wildman–Crippen LogP) is 3.57. The first kappa shape index (κ1) is 16.6. The number of rotatable bonds is 7. The van der Waals surface area contributed by atoms with Gasteiger partial charge in [-0.25, -0.2) is 4.98 Å². The molecule has 1 aromatic carbocycles.